The van der Waals surface area contributed by atoms with Crippen LogP contribution in [0.1, 0.15) is 11.1 Å². The number of nitrogens with one attached hydrogen (secondary N) is 1. The van der Waals surface area contributed by atoms with Crippen LogP contribution >= 0.6 is 11.6 Å². The van der Waals surface area contributed by atoms with E-state index in [2.05, 4.69) is 64.4 Å². The van der Waals surface area contributed by atoms with Crippen LogP contribution < -0.4 is 5.43 Å². The summed E-state index contributed by atoms with van der Waals surface area (Å²) in [5.74, 6) is 0. The lowest BCUT2D eigenvalue weighted by molar-refractivity contribution is 0.105. The molecule has 0 atom stereocenters. The summed E-state index contributed by atoms with van der Waals surface area (Å²) in [6.45, 7) is 9.16. The summed E-state index contributed by atoms with van der Waals surface area (Å²) in [5, 5.41) is 5.66. The fraction of sp³-hybridized carbons (Fsp3) is 0.217. The number of rotatable bonds is 5. The molecule has 0 aliphatic carbocycles. The first-order valence-corrected chi connectivity index (χ1v) is 9.72. The summed E-state index contributed by atoms with van der Waals surface area (Å²) in [5.41, 5.74) is 6.82. The van der Waals surface area contributed by atoms with Gasteiger partial charge in [-0.3, -0.25) is 4.90 Å². The molecule has 4 rings (SSSR count). The van der Waals surface area contributed by atoms with Gasteiger partial charge in [0.2, 0.25) is 0 Å². The fourth-order valence-corrected chi connectivity index (χ4v) is 3.72. The molecule has 1 N–H and O–H groups in total. The molecular weight excluding hydrogens is 354 g/mol. The zero-order chi connectivity index (χ0) is 18.6. The normalized spacial score (nSPS) is 15.7. The van der Waals surface area contributed by atoms with Gasteiger partial charge in [-0.25, -0.2) is 5.01 Å². The van der Waals surface area contributed by atoms with Crippen molar-refractivity contribution in [1.82, 2.24) is 15.3 Å². The molecule has 0 saturated carbocycles. The molecule has 3 aromatic carbocycles. The molecule has 3 nitrogen and oxygen atoms in total. The maximum atomic E-state index is 5.96. The van der Waals surface area contributed by atoms with Crippen LogP contribution in [0.2, 0.25) is 5.02 Å². The van der Waals surface area contributed by atoms with E-state index in [0.29, 0.717) is 0 Å². The van der Waals surface area contributed by atoms with Gasteiger partial charge in [0.05, 0.1) is 0 Å². The molecule has 1 fully saturated rings. The van der Waals surface area contributed by atoms with Crippen molar-refractivity contribution >= 4 is 28.1 Å². The zero-order valence-electron chi connectivity index (χ0n) is 15.4. The molecule has 0 bridgehead atoms. The van der Waals surface area contributed by atoms with Crippen LogP contribution in [0.3, 0.4) is 0 Å². The largest absolute Gasteiger partial charge is 0.319 e. The lowest BCUT2D eigenvalue weighted by atomic mass is 10.0. The van der Waals surface area contributed by atoms with Gasteiger partial charge in [0.1, 0.15) is 0 Å². The molecule has 1 saturated heterocycles. The minimum absolute atomic E-state index is 0.744. The van der Waals surface area contributed by atoms with Gasteiger partial charge in [0, 0.05) is 43.4 Å². The van der Waals surface area contributed by atoms with E-state index in [9.17, 15) is 0 Å². The molecule has 27 heavy (non-hydrogen) atoms. The Morgan fingerprint density at radius 3 is 2.37 bits per heavy atom. The molecule has 138 valence electrons. The minimum Gasteiger partial charge on any atom is -0.319 e. The Labute approximate surface area is 165 Å². The highest BCUT2D eigenvalue weighted by molar-refractivity contribution is 6.30. The Hall–Kier alpha value is -2.33. The van der Waals surface area contributed by atoms with Crippen molar-refractivity contribution in [3.63, 3.8) is 0 Å². The zero-order valence-corrected chi connectivity index (χ0v) is 16.1. The maximum Gasteiger partial charge on any atom is 0.0490 e. The Morgan fingerprint density at radius 2 is 1.59 bits per heavy atom. The highest BCUT2D eigenvalue weighted by atomic mass is 35.5. The van der Waals surface area contributed by atoms with Gasteiger partial charge in [-0.2, -0.15) is 0 Å². The molecule has 1 aliphatic heterocycles. The summed E-state index contributed by atoms with van der Waals surface area (Å²) < 4.78 is 0. The van der Waals surface area contributed by atoms with Gasteiger partial charge in [0.25, 0.3) is 0 Å². The fourth-order valence-electron chi connectivity index (χ4n) is 3.60. The lowest BCUT2D eigenvalue weighted by Crippen LogP contribution is -2.50. The molecule has 0 unspecified atom stereocenters. The Kier molecular flexibility index (Phi) is 5.44. The summed E-state index contributed by atoms with van der Waals surface area (Å²) in [6, 6.07) is 23.0. The van der Waals surface area contributed by atoms with Crippen molar-refractivity contribution in [2.24, 2.45) is 0 Å². The molecule has 0 aromatic heterocycles. The number of hydrazine groups is 1. The van der Waals surface area contributed by atoms with Gasteiger partial charge in [-0.15, -0.1) is 0 Å². The Bertz CT molecular complexity index is 923. The molecular formula is C23H24ClN3. The van der Waals surface area contributed by atoms with E-state index >= 15 is 0 Å². The third-order valence-electron chi connectivity index (χ3n) is 5.13. The third kappa shape index (κ3) is 4.33. The molecule has 1 aliphatic rings. The van der Waals surface area contributed by atoms with Gasteiger partial charge in [-0.05, 0) is 34.0 Å². The van der Waals surface area contributed by atoms with E-state index in [1.807, 2.05) is 24.3 Å². The first kappa shape index (κ1) is 18.1. The Morgan fingerprint density at radius 1 is 0.889 bits per heavy atom. The van der Waals surface area contributed by atoms with Crippen LogP contribution in [0.5, 0.6) is 0 Å². The average molecular weight is 378 g/mol. The first-order valence-electron chi connectivity index (χ1n) is 9.34. The predicted molar refractivity (Wildman–Crippen MR) is 114 cm³/mol. The highest BCUT2D eigenvalue weighted by Crippen LogP contribution is 2.21. The van der Waals surface area contributed by atoms with Crippen molar-refractivity contribution in [1.29, 1.82) is 0 Å². The van der Waals surface area contributed by atoms with Crippen LogP contribution in [0, 0.1) is 0 Å². The number of benzene rings is 3. The predicted octanol–water partition coefficient (Wildman–Crippen LogP) is 4.79. The van der Waals surface area contributed by atoms with Gasteiger partial charge >= 0.3 is 0 Å². The van der Waals surface area contributed by atoms with Gasteiger partial charge in [0.15, 0.2) is 0 Å². The second-order valence-electron chi connectivity index (χ2n) is 7.00. The number of hydrogen-bond donors (Lipinski definition) is 1. The number of hydrogen-bond acceptors (Lipinski definition) is 3. The average Bonchev–Trinajstić information content (AvgIpc) is 2.70. The molecule has 4 heteroatoms. The van der Waals surface area contributed by atoms with Crippen molar-refractivity contribution < 1.29 is 0 Å². The van der Waals surface area contributed by atoms with Gasteiger partial charge in [-0.1, -0.05) is 72.8 Å². The van der Waals surface area contributed by atoms with Crippen LogP contribution in [-0.4, -0.2) is 36.1 Å². The topological polar surface area (TPSA) is 18.5 Å². The van der Waals surface area contributed by atoms with E-state index in [1.165, 1.54) is 16.3 Å². The second-order valence-corrected chi connectivity index (χ2v) is 7.44. The van der Waals surface area contributed by atoms with Crippen molar-refractivity contribution in [3.8, 4) is 0 Å². The summed E-state index contributed by atoms with van der Waals surface area (Å²) in [6.07, 6.45) is 0. The smallest absolute Gasteiger partial charge is 0.0490 e. The number of fused-ring (bicyclic) bond motifs is 1. The SMILES string of the molecule is C=C(NN1CCN(Cc2cccc3ccccc23)CC1)c1ccc(Cl)cc1. The monoisotopic (exact) mass is 377 g/mol. The second kappa shape index (κ2) is 8.13. The standard InChI is InChI=1S/C23H24ClN3/c1-18(19-9-11-22(24)12-10-19)25-27-15-13-26(14-16-27)17-21-7-4-6-20-5-2-3-8-23(20)21/h2-12,25H,1,13-17H2. The third-order valence-corrected chi connectivity index (χ3v) is 5.38. The van der Waals surface area contributed by atoms with E-state index in [4.69, 9.17) is 11.6 Å². The van der Waals surface area contributed by atoms with E-state index in [1.54, 1.807) is 0 Å². The summed E-state index contributed by atoms with van der Waals surface area (Å²) in [4.78, 5) is 2.52. The van der Waals surface area contributed by atoms with Crippen molar-refractivity contribution in [3.05, 3.63) is 89.5 Å². The minimum atomic E-state index is 0.744. The number of nitrogens with zero attached hydrogens (tertiary/aromatic N) is 2. The molecule has 0 radical (unpaired) electrons. The van der Waals surface area contributed by atoms with Crippen LogP contribution in [0.4, 0.5) is 0 Å². The highest BCUT2D eigenvalue weighted by Gasteiger charge is 2.18. The molecule has 1 heterocycles. The van der Waals surface area contributed by atoms with Crippen LogP contribution in [-0.2, 0) is 6.54 Å². The lowest BCUT2D eigenvalue weighted by Gasteiger charge is -2.35. The van der Waals surface area contributed by atoms with E-state index < -0.39 is 0 Å². The summed E-state index contributed by atoms with van der Waals surface area (Å²) in [7, 11) is 0. The number of piperazine rings is 1. The van der Waals surface area contributed by atoms with Crippen molar-refractivity contribution in [2.45, 2.75) is 6.54 Å². The summed E-state index contributed by atoms with van der Waals surface area (Å²) >= 11 is 5.96. The van der Waals surface area contributed by atoms with Gasteiger partial charge < -0.3 is 5.43 Å². The van der Waals surface area contributed by atoms with Crippen LogP contribution in [0.25, 0.3) is 16.5 Å². The molecule has 0 amide bonds. The first-order chi connectivity index (χ1) is 13.2. The molecule has 3 aromatic rings. The van der Waals surface area contributed by atoms with E-state index in [-0.39, 0.29) is 0 Å². The maximum absolute atomic E-state index is 5.96. The van der Waals surface area contributed by atoms with Crippen LogP contribution in [0.15, 0.2) is 73.3 Å². The molecule has 0 spiro atoms. The van der Waals surface area contributed by atoms with Crippen molar-refractivity contribution in [2.75, 3.05) is 26.2 Å². The van der Waals surface area contributed by atoms with E-state index in [0.717, 1.165) is 49.0 Å². The number of halogens is 1. The quantitative estimate of drug-likeness (QED) is 0.689. The Balaban J connectivity index is 1.33.